The van der Waals surface area contributed by atoms with Crippen LogP contribution in [-0.4, -0.2) is 109 Å². The maximum Gasteiger partial charge on any atom is 0.261 e. The third kappa shape index (κ3) is 5.67. The van der Waals surface area contributed by atoms with Crippen LogP contribution in [0.4, 0.5) is 0 Å². The Bertz CT molecular complexity index is 1700. The monoisotopic (exact) mass is 631 g/mol. The molecule has 3 heterocycles. The van der Waals surface area contributed by atoms with Crippen LogP contribution in [0.5, 0.6) is 23.0 Å². The first-order chi connectivity index (χ1) is 22.2. The summed E-state index contributed by atoms with van der Waals surface area (Å²) in [4.78, 5) is 51.2. The molecule has 3 N–H and O–H groups in total. The van der Waals surface area contributed by atoms with Crippen LogP contribution in [0.1, 0.15) is 45.8 Å². The molecule has 0 radical (unpaired) electrons. The number of nitrogens with zero attached hydrogens (tertiary/aromatic N) is 3. The van der Waals surface area contributed by atoms with Crippen molar-refractivity contribution in [3.05, 3.63) is 59.1 Å². The molecule has 2 aliphatic heterocycles. The number of likely N-dealkylation sites (tertiary alicyclic amines) is 1. The van der Waals surface area contributed by atoms with Gasteiger partial charge in [0.2, 0.25) is 11.5 Å². The number of hydrogen-bond acceptors (Lipinski definition) is 11. The number of carbonyl (C=O) groups is 3. The van der Waals surface area contributed by atoms with Gasteiger partial charge in [-0.15, -0.1) is 0 Å². The first-order valence-corrected chi connectivity index (χ1v) is 15.1. The summed E-state index contributed by atoms with van der Waals surface area (Å²) in [5.74, 6) is 1.09. The topological polar surface area (TPSA) is 156 Å². The van der Waals surface area contributed by atoms with Crippen molar-refractivity contribution in [1.82, 2.24) is 25.1 Å². The molecule has 1 saturated heterocycles. The van der Waals surface area contributed by atoms with E-state index in [-0.39, 0.29) is 43.2 Å². The summed E-state index contributed by atoms with van der Waals surface area (Å²) in [7, 11) is 6.52. The number of ether oxygens (including phenoxy) is 4. The fourth-order valence-corrected chi connectivity index (χ4v) is 6.15. The van der Waals surface area contributed by atoms with E-state index in [0.717, 1.165) is 25.9 Å². The van der Waals surface area contributed by atoms with Gasteiger partial charge in [0.15, 0.2) is 17.3 Å². The minimum absolute atomic E-state index is 0.0659. The van der Waals surface area contributed by atoms with Crippen molar-refractivity contribution < 1.29 is 38.4 Å². The molecule has 1 atom stereocenters. The fraction of sp³-hybridized carbons (Fsp3) is 0.394. The number of Topliss-reactive ketones (excluding diaryl/α,β-unsaturated/α-hetero) is 1. The van der Waals surface area contributed by atoms with Gasteiger partial charge in [-0.1, -0.05) is 6.08 Å². The maximum atomic E-state index is 13.4. The number of aliphatic hydroxyl groups is 1. The molecular formula is C33H37N5O8. The highest BCUT2D eigenvalue weighted by atomic mass is 16.5. The summed E-state index contributed by atoms with van der Waals surface area (Å²) in [6, 6.07) is 6.49. The number of imidazole rings is 1. The van der Waals surface area contributed by atoms with Crippen LogP contribution in [0.25, 0.3) is 16.6 Å². The van der Waals surface area contributed by atoms with Crippen molar-refractivity contribution in [2.75, 3.05) is 54.6 Å². The number of amides is 2. The number of fused-ring (bicyclic) bond motifs is 2. The van der Waals surface area contributed by atoms with Gasteiger partial charge in [-0.2, -0.15) is 0 Å². The van der Waals surface area contributed by atoms with E-state index in [1.54, 1.807) is 36.4 Å². The molecule has 3 aromatic rings. The highest BCUT2D eigenvalue weighted by Gasteiger charge is 2.41. The number of ketones is 1. The summed E-state index contributed by atoms with van der Waals surface area (Å²) in [6.07, 6.45) is 4.21. The van der Waals surface area contributed by atoms with Crippen LogP contribution in [0.15, 0.2) is 42.1 Å². The molecule has 2 aromatic carbocycles. The fourth-order valence-electron chi connectivity index (χ4n) is 6.15. The molecule has 3 aliphatic rings. The van der Waals surface area contributed by atoms with Crippen molar-refractivity contribution >= 4 is 34.2 Å². The Kier molecular flexibility index (Phi) is 8.69. The summed E-state index contributed by atoms with van der Waals surface area (Å²) in [6.45, 7) is 1.64. The predicted octanol–water partition coefficient (Wildman–Crippen LogP) is 2.55. The largest absolute Gasteiger partial charge is 0.493 e. The number of benzene rings is 2. The molecule has 1 aromatic heterocycles. The van der Waals surface area contributed by atoms with E-state index in [0.29, 0.717) is 62.3 Å². The molecule has 0 saturated carbocycles. The van der Waals surface area contributed by atoms with E-state index in [4.69, 9.17) is 18.9 Å². The number of piperidine rings is 1. The molecular weight excluding hydrogens is 594 g/mol. The normalized spacial score (nSPS) is 17.9. The van der Waals surface area contributed by atoms with Crippen molar-refractivity contribution in [2.24, 2.45) is 0 Å². The molecule has 13 nitrogen and oxygen atoms in total. The average Bonchev–Trinajstić information content (AvgIpc) is 3.58. The van der Waals surface area contributed by atoms with Gasteiger partial charge in [-0.05, 0) is 63.3 Å². The Morgan fingerprint density at radius 2 is 1.67 bits per heavy atom. The number of H-pyrrole nitrogens is 1. The first-order valence-electron chi connectivity index (χ1n) is 15.1. The summed E-state index contributed by atoms with van der Waals surface area (Å²) in [5.41, 5.74) is 2.48. The lowest BCUT2D eigenvalue weighted by atomic mass is 10.00. The number of aromatic nitrogens is 2. The highest BCUT2D eigenvalue weighted by molar-refractivity contribution is 6.24. The van der Waals surface area contributed by atoms with Gasteiger partial charge in [0.05, 0.1) is 49.1 Å². The number of aliphatic hydroxyl groups excluding tert-OH is 1. The van der Waals surface area contributed by atoms with Gasteiger partial charge in [-0.25, -0.2) is 4.98 Å². The Morgan fingerprint density at radius 1 is 1.00 bits per heavy atom. The van der Waals surface area contributed by atoms with Crippen LogP contribution >= 0.6 is 0 Å². The minimum atomic E-state index is -0.958. The van der Waals surface area contributed by atoms with E-state index in [1.807, 2.05) is 7.05 Å². The molecule has 46 heavy (non-hydrogen) atoms. The lowest BCUT2D eigenvalue weighted by molar-refractivity contribution is -0.113. The number of allylic oxidation sites excluding steroid dienone is 3. The zero-order chi connectivity index (χ0) is 32.5. The van der Waals surface area contributed by atoms with Crippen LogP contribution < -0.4 is 24.3 Å². The Labute approximate surface area is 265 Å². The molecule has 6 rings (SSSR count). The standard InChI is InChI=1S/C33H37N5O8/c1-37-12-10-18(11-13-37)38-32(41)20-14-23-24(15-21(20)33(38)42)36-31(35-23)28-22(6-5-7-25(28)40)34-16-19(39)17-46-27-9-8-26(43-2)29(44-3)30(27)45-4/h5-6,8-9,14-15,18-19,34,39H,7,10-13,16-17H2,1-4H3,(H,35,36)/t19-/m1/s1. The van der Waals surface area contributed by atoms with Crippen molar-refractivity contribution in [1.29, 1.82) is 0 Å². The zero-order valence-electron chi connectivity index (χ0n) is 26.2. The number of rotatable bonds is 11. The van der Waals surface area contributed by atoms with Crippen molar-refractivity contribution in [3.63, 3.8) is 0 Å². The number of hydrogen-bond donors (Lipinski definition) is 3. The lowest BCUT2D eigenvalue weighted by Gasteiger charge is -2.33. The van der Waals surface area contributed by atoms with Crippen LogP contribution in [0.2, 0.25) is 0 Å². The molecule has 13 heteroatoms. The Balaban J connectivity index is 1.18. The van der Waals surface area contributed by atoms with Gasteiger partial charge >= 0.3 is 0 Å². The predicted molar refractivity (Wildman–Crippen MR) is 168 cm³/mol. The van der Waals surface area contributed by atoms with E-state index in [1.165, 1.54) is 26.2 Å². The maximum absolute atomic E-state index is 13.4. The van der Waals surface area contributed by atoms with E-state index >= 15 is 0 Å². The number of nitrogens with one attached hydrogen (secondary N) is 2. The summed E-state index contributed by atoms with van der Waals surface area (Å²) in [5, 5.41) is 13.9. The third-order valence-corrected chi connectivity index (χ3v) is 8.57. The molecule has 0 spiro atoms. The van der Waals surface area contributed by atoms with Crippen molar-refractivity contribution in [2.45, 2.75) is 31.4 Å². The Hall–Kier alpha value is -4.88. The van der Waals surface area contributed by atoms with E-state index in [9.17, 15) is 19.5 Å². The van der Waals surface area contributed by atoms with E-state index < -0.39 is 6.10 Å². The van der Waals surface area contributed by atoms with Gasteiger partial charge in [0, 0.05) is 24.7 Å². The second kappa shape index (κ2) is 12.9. The third-order valence-electron chi connectivity index (χ3n) is 8.57. The first kappa shape index (κ1) is 31.1. The quantitative estimate of drug-likeness (QED) is 0.268. The molecule has 1 aliphatic carbocycles. The number of methoxy groups -OCH3 is 3. The lowest BCUT2D eigenvalue weighted by Crippen LogP contribution is -2.46. The highest BCUT2D eigenvalue weighted by Crippen LogP contribution is 2.44. The second-order valence-electron chi connectivity index (χ2n) is 11.5. The average molecular weight is 632 g/mol. The Morgan fingerprint density at radius 3 is 2.37 bits per heavy atom. The van der Waals surface area contributed by atoms with E-state index in [2.05, 4.69) is 20.2 Å². The van der Waals surface area contributed by atoms with Crippen LogP contribution in [0, 0.1) is 0 Å². The molecule has 242 valence electrons. The zero-order valence-corrected chi connectivity index (χ0v) is 26.2. The number of carbonyl (C=O) groups excluding carboxylic acids is 3. The van der Waals surface area contributed by atoms with Gasteiger partial charge in [0.25, 0.3) is 11.8 Å². The number of imide groups is 1. The summed E-state index contributed by atoms with van der Waals surface area (Å²) >= 11 is 0. The van der Waals surface area contributed by atoms with Crippen LogP contribution in [0.3, 0.4) is 0 Å². The SMILES string of the molecule is COc1ccc(OC[C@H](O)CNC2=C(c3nc4cc5c(cc4[nH]3)C(=O)N(C3CCN(C)CC3)C5=O)C(=O)CC=C2)c(OC)c1OC. The second-order valence-corrected chi connectivity index (χ2v) is 11.5. The van der Waals surface area contributed by atoms with Gasteiger partial charge in [0.1, 0.15) is 18.5 Å². The smallest absolute Gasteiger partial charge is 0.261 e. The molecule has 0 unspecified atom stereocenters. The number of aromatic amines is 1. The van der Waals surface area contributed by atoms with Gasteiger partial charge in [-0.3, -0.25) is 19.3 Å². The van der Waals surface area contributed by atoms with Gasteiger partial charge < -0.3 is 39.3 Å². The van der Waals surface area contributed by atoms with Crippen molar-refractivity contribution in [3.8, 4) is 23.0 Å². The summed E-state index contributed by atoms with van der Waals surface area (Å²) < 4.78 is 21.9. The molecule has 0 bridgehead atoms. The molecule has 2 amide bonds. The minimum Gasteiger partial charge on any atom is -0.493 e. The molecule has 1 fully saturated rings. The van der Waals surface area contributed by atoms with Crippen LogP contribution in [-0.2, 0) is 4.79 Å².